The molecule has 0 unspecified atom stereocenters. The molecule has 18 heavy (non-hydrogen) atoms. The van der Waals surface area contributed by atoms with Crippen molar-refractivity contribution in [2.45, 2.75) is 39.2 Å². The molecule has 0 aromatic rings. The number of carbonyl (C=O) groups is 2. The molecular weight excluding hydrogens is 236 g/mol. The van der Waals surface area contributed by atoms with Gasteiger partial charge in [-0.1, -0.05) is 20.8 Å². The number of urea groups is 1. The second-order valence-electron chi connectivity index (χ2n) is 5.87. The fourth-order valence-corrected chi connectivity index (χ4v) is 1.72. The minimum absolute atomic E-state index is 0.0383. The number of carboxylic acid groups (broad SMARTS) is 1. The van der Waals surface area contributed by atoms with Crippen molar-refractivity contribution in [2.24, 2.45) is 5.41 Å². The Bertz CT molecular complexity index is 317. The van der Waals surface area contributed by atoms with Gasteiger partial charge in [0, 0.05) is 32.6 Å². The van der Waals surface area contributed by atoms with Gasteiger partial charge in [-0.15, -0.1) is 0 Å². The van der Waals surface area contributed by atoms with Gasteiger partial charge >= 0.3 is 12.0 Å². The number of aliphatic carboxylic acids is 1. The summed E-state index contributed by atoms with van der Waals surface area (Å²) in [4.78, 5) is 23.1. The number of carboxylic acids is 1. The standard InChI is InChI=1S/C12H22N2O4/c1-11(2,3)8-13-10(17)14-12(9(15)16)4-6-18-7-5-12/h4-8H2,1-3H3,(H,15,16)(H2,13,14,17). The molecule has 104 valence electrons. The Balaban J connectivity index is 2.56. The molecule has 0 saturated carbocycles. The zero-order valence-electron chi connectivity index (χ0n) is 11.2. The van der Waals surface area contributed by atoms with Crippen LogP contribution >= 0.6 is 0 Å². The van der Waals surface area contributed by atoms with Gasteiger partial charge in [-0.3, -0.25) is 0 Å². The van der Waals surface area contributed by atoms with Crippen LogP contribution in [0.5, 0.6) is 0 Å². The second-order valence-corrected chi connectivity index (χ2v) is 5.87. The largest absolute Gasteiger partial charge is 0.480 e. The number of hydrogen-bond donors (Lipinski definition) is 3. The first-order valence-electron chi connectivity index (χ1n) is 6.12. The highest BCUT2D eigenvalue weighted by atomic mass is 16.5. The van der Waals surface area contributed by atoms with Gasteiger partial charge < -0.3 is 20.5 Å². The Morgan fingerprint density at radius 2 is 1.83 bits per heavy atom. The molecule has 3 N–H and O–H groups in total. The molecule has 0 radical (unpaired) electrons. The maximum absolute atomic E-state index is 11.7. The molecule has 0 spiro atoms. The van der Waals surface area contributed by atoms with Crippen LogP contribution in [0.4, 0.5) is 4.79 Å². The Labute approximate surface area is 107 Å². The van der Waals surface area contributed by atoms with E-state index in [2.05, 4.69) is 10.6 Å². The lowest BCUT2D eigenvalue weighted by atomic mass is 9.90. The zero-order valence-corrected chi connectivity index (χ0v) is 11.2. The summed E-state index contributed by atoms with van der Waals surface area (Å²) in [7, 11) is 0. The van der Waals surface area contributed by atoms with Crippen LogP contribution in [-0.4, -0.2) is 42.4 Å². The van der Waals surface area contributed by atoms with Crippen molar-refractivity contribution in [3.63, 3.8) is 0 Å². The summed E-state index contributed by atoms with van der Waals surface area (Å²) in [5.41, 5.74) is -1.23. The molecule has 0 atom stereocenters. The fraction of sp³-hybridized carbons (Fsp3) is 0.833. The topological polar surface area (TPSA) is 87.7 Å². The summed E-state index contributed by atoms with van der Waals surface area (Å²) in [6.45, 7) is 7.18. The summed E-state index contributed by atoms with van der Waals surface area (Å²) in [5, 5.41) is 14.5. The van der Waals surface area contributed by atoms with Crippen molar-refractivity contribution in [1.82, 2.24) is 10.6 Å². The average Bonchev–Trinajstić information content (AvgIpc) is 2.26. The number of rotatable bonds is 3. The Kier molecular flexibility index (Phi) is 4.56. The molecule has 1 aliphatic heterocycles. The quantitative estimate of drug-likeness (QED) is 0.703. The summed E-state index contributed by atoms with van der Waals surface area (Å²) in [6, 6.07) is -0.436. The molecule has 0 aromatic carbocycles. The predicted molar refractivity (Wildman–Crippen MR) is 66.4 cm³/mol. The van der Waals surface area contributed by atoms with Gasteiger partial charge in [0.15, 0.2) is 0 Å². The van der Waals surface area contributed by atoms with E-state index in [1.807, 2.05) is 20.8 Å². The van der Waals surface area contributed by atoms with E-state index in [-0.39, 0.29) is 5.41 Å². The van der Waals surface area contributed by atoms with Crippen LogP contribution in [0.25, 0.3) is 0 Å². The molecular formula is C12H22N2O4. The van der Waals surface area contributed by atoms with Crippen LogP contribution in [-0.2, 0) is 9.53 Å². The van der Waals surface area contributed by atoms with E-state index >= 15 is 0 Å². The molecule has 0 bridgehead atoms. The van der Waals surface area contributed by atoms with E-state index in [1.54, 1.807) is 0 Å². The van der Waals surface area contributed by atoms with Crippen LogP contribution in [0.3, 0.4) is 0 Å². The number of hydrogen-bond acceptors (Lipinski definition) is 3. The normalized spacial score (nSPS) is 19.1. The highest BCUT2D eigenvalue weighted by Gasteiger charge is 2.41. The number of amides is 2. The van der Waals surface area contributed by atoms with Crippen LogP contribution in [0, 0.1) is 5.41 Å². The monoisotopic (exact) mass is 258 g/mol. The predicted octanol–water partition coefficient (Wildman–Crippen LogP) is 0.965. The number of nitrogens with one attached hydrogen (secondary N) is 2. The van der Waals surface area contributed by atoms with E-state index in [0.717, 1.165) is 0 Å². The smallest absolute Gasteiger partial charge is 0.329 e. The highest BCUT2D eigenvalue weighted by molar-refractivity contribution is 5.86. The van der Waals surface area contributed by atoms with E-state index < -0.39 is 17.5 Å². The number of carbonyl (C=O) groups excluding carboxylic acids is 1. The molecule has 1 heterocycles. The maximum atomic E-state index is 11.7. The molecule has 6 heteroatoms. The summed E-state index contributed by atoms with van der Waals surface area (Å²) in [6.07, 6.45) is 0.594. The molecule has 1 aliphatic rings. The Morgan fingerprint density at radius 3 is 2.28 bits per heavy atom. The van der Waals surface area contributed by atoms with Crippen molar-refractivity contribution in [3.8, 4) is 0 Å². The van der Waals surface area contributed by atoms with Crippen molar-refractivity contribution < 1.29 is 19.4 Å². The lowest BCUT2D eigenvalue weighted by Crippen LogP contribution is -2.60. The zero-order chi connectivity index (χ0) is 13.8. The minimum Gasteiger partial charge on any atom is -0.480 e. The first-order valence-corrected chi connectivity index (χ1v) is 6.12. The molecule has 1 fully saturated rings. The molecule has 1 rings (SSSR count). The van der Waals surface area contributed by atoms with Crippen LogP contribution < -0.4 is 10.6 Å². The molecule has 0 aromatic heterocycles. The molecule has 0 aliphatic carbocycles. The number of ether oxygens (including phenoxy) is 1. The second kappa shape index (κ2) is 5.56. The van der Waals surface area contributed by atoms with Crippen LogP contribution in [0.15, 0.2) is 0 Å². The molecule has 6 nitrogen and oxygen atoms in total. The van der Waals surface area contributed by atoms with E-state index in [4.69, 9.17) is 4.74 Å². The maximum Gasteiger partial charge on any atom is 0.329 e. The molecule has 1 saturated heterocycles. The Hall–Kier alpha value is -1.30. The van der Waals surface area contributed by atoms with Gasteiger partial charge in [0.1, 0.15) is 5.54 Å². The first-order chi connectivity index (χ1) is 8.25. The third-order valence-electron chi connectivity index (χ3n) is 2.89. The van der Waals surface area contributed by atoms with Crippen LogP contribution in [0.1, 0.15) is 33.6 Å². The van der Waals surface area contributed by atoms with Crippen molar-refractivity contribution >= 4 is 12.0 Å². The van der Waals surface area contributed by atoms with Gasteiger partial charge in [-0.25, -0.2) is 9.59 Å². The summed E-state index contributed by atoms with van der Waals surface area (Å²) >= 11 is 0. The van der Waals surface area contributed by atoms with Gasteiger partial charge in [-0.05, 0) is 5.41 Å². The van der Waals surface area contributed by atoms with Crippen molar-refractivity contribution in [1.29, 1.82) is 0 Å². The minimum atomic E-state index is -1.19. The third kappa shape index (κ3) is 4.18. The van der Waals surface area contributed by atoms with Gasteiger partial charge in [0.05, 0.1) is 0 Å². The van der Waals surface area contributed by atoms with Gasteiger partial charge in [-0.2, -0.15) is 0 Å². The van der Waals surface area contributed by atoms with E-state index in [1.165, 1.54) is 0 Å². The summed E-state index contributed by atoms with van der Waals surface area (Å²) in [5.74, 6) is -1.00. The van der Waals surface area contributed by atoms with E-state index in [0.29, 0.717) is 32.6 Å². The average molecular weight is 258 g/mol. The van der Waals surface area contributed by atoms with Gasteiger partial charge in [0.25, 0.3) is 0 Å². The van der Waals surface area contributed by atoms with Crippen LogP contribution in [0.2, 0.25) is 0 Å². The van der Waals surface area contributed by atoms with Crippen molar-refractivity contribution in [2.75, 3.05) is 19.8 Å². The van der Waals surface area contributed by atoms with E-state index in [9.17, 15) is 14.7 Å². The van der Waals surface area contributed by atoms with Crippen molar-refractivity contribution in [3.05, 3.63) is 0 Å². The van der Waals surface area contributed by atoms with Gasteiger partial charge in [0.2, 0.25) is 0 Å². The first kappa shape index (κ1) is 14.8. The summed E-state index contributed by atoms with van der Waals surface area (Å²) < 4.78 is 5.14. The third-order valence-corrected chi connectivity index (χ3v) is 2.89. The lowest BCUT2D eigenvalue weighted by Gasteiger charge is -2.34. The fourth-order valence-electron chi connectivity index (χ4n) is 1.72. The molecule has 2 amide bonds. The Morgan fingerprint density at radius 1 is 1.28 bits per heavy atom. The lowest BCUT2D eigenvalue weighted by molar-refractivity contribution is -0.148. The SMILES string of the molecule is CC(C)(C)CNC(=O)NC1(C(=O)O)CCOCC1. The highest BCUT2D eigenvalue weighted by Crippen LogP contribution is 2.21.